The quantitative estimate of drug-likeness (QED) is 0.522. The maximum absolute atomic E-state index is 12.7. The van der Waals surface area contributed by atoms with E-state index in [-0.39, 0.29) is 5.91 Å². The third-order valence-electron chi connectivity index (χ3n) is 3.22. The molecule has 2 heterocycles. The van der Waals surface area contributed by atoms with Crippen LogP contribution in [-0.4, -0.2) is 21.8 Å². The van der Waals surface area contributed by atoms with Crippen molar-refractivity contribution < 1.29 is 4.79 Å². The van der Waals surface area contributed by atoms with Crippen LogP contribution in [0, 0.1) is 11.3 Å². The number of nitrogens with zero attached hydrogens (tertiary/aromatic N) is 3. The van der Waals surface area contributed by atoms with Crippen LogP contribution in [-0.2, 0) is 0 Å². The average molecular weight is 331 g/mol. The van der Waals surface area contributed by atoms with E-state index >= 15 is 0 Å². The average Bonchev–Trinajstić information content (AvgIpc) is 2.93. The second-order valence-electron chi connectivity index (χ2n) is 4.29. The van der Waals surface area contributed by atoms with Gasteiger partial charge in [-0.3, -0.25) is 14.3 Å². The van der Waals surface area contributed by atoms with Gasteiger partial charge in [-0.15, -0.1) is 24.4 Å². The molecule has 21 heavy (non-hydrogen) atoms. The highest BCUT2D eigenvalue weighted by Crippen LogP contribution is 2.38. The van der Waals surface area contributed by atoms with Crippen molar-refractivity contribution in [2.24, 2.45) is 0 Å². The summed E-state index contributed by atoms with van der Waals surface area (Å²) in [4.78, 5) is 14.8. The van der Waals surface area contributed by atoms with Gasteiger partial charge >= 0.3 is 0 Å². The van der Waals surface area contributed by atoms with Gasteiger partial charge in [0.15, 0.2) is 5.11 Å². The van der Waals surface area contributed by atoms with Crippen LogP contribution in [0.1, 0.15) is 16.1 Å². The van der Waals surface area contributed by atoms with Gasteiger partial charge in [0.1, 0.15) is 11.8 Å². The number of anilines is 1. The first-order valence-corrected chi connectivity index (χ1v) is 8.05. The smallest absolute Gasteiger partial charge is 0.273 e. The van der Waals surface area contributed by atoms with Crippen LogP contribution in [0.4, 0.5) is 5.69 Å². The maximum atomic E-state index is 12.7. The molecule has 0 spiro atoms. The van der Waals surface area contributed by atoms with Crippen molar-refractivity contribution in [3.63, 3.8) is 0 Å². The molecule has 1 aliphatic heterocycles. The van der Waals surface area contributed by atoms with Crippen LogP contribution in [0.25, 0.3) is 0 Å². The molecule has 4 nitrogen and oxygen atoms in total. The van der Waals surface area contributed by atoms with Gasteiger partial charge in [0.05, 0.1) is 21.2 Å². The lowest BCUT2D eigenvalue weighted by molar-refractivity contribution is 0.100. The van der Waals surface area contributed by atoms with Crippen molar-refractivity contribution in [1.82, 2.24) is 4.57 Å². The third kappa shape index (κ3) is 1.91. The first kappa shape index (κ1) is 14.2. The lowest BCUT2D eigenvalue weighted by atomic mass is 10.2. The van der Waals surface area contributed by atoms with Gasteiger partial charge in [-0.05, 0) is 30.6 Å². The van der Waals surface area contributed by atoms with Crippen LogP contribution < -0.4 is 4.90 Å². The largest absolute Gasteiger partial charge is 0.282 e. The summed E-state index contributed by atoms with van der Waals surface area (Å²) in [5.74, 6) is -0.229. The van der Waals surface area contributed by atoms with Crippen LogP contribution >= 0.6 is 36.6 Å². The molecule has 0 atom stereocenters. The van der Waals surface area contributed by atoms with Gasteiger partial charge in [-0.1, -0.05) is 18.2 Å². The van der Waals surface area contributed by atoms with E-state index in [9.17, 15) is 10.1 Å². The first-order chi connectivity index (χ1) is 10.1. The SMILES string of the molecule is CSc1c(C#N)c(S)n2c1C(=O)N(c1ccccc1)C2=S. The van der Waals surface area contributed by atoms with E-state index in [0.29, 0.717) is 32.0 Å². The number of benzene rings is 1. The molecule has 0 fully saturated rings. The number of hydrogen-bond donors (Lipinski definition) is 1. The number of hydrogen-bond acceptors (Lipinski definition) is 5. The van der Waals surface area contributed by atoms with Crippen molar-refractivity contribution in [2.75, 3.05) is 11.2 Å². The number of thioether (sulfide) groups is 1. The van der Waals surface area contributed by atoms with Crippen molar-refractivity contribution in [3.05, 3.63) is 41.6 Å². The maximum Gasteiger partial charge on any atom is 0.282 e. The minimum atomic E-state index is -0.229. The Morgan fingerprint density at radius 3 is 2.57 bits per heavy atom. The number of rotatable bonds is 2. The fraction of sp³-hybridized carbons (Fsp3) is 0.0714. The Hall–Kier alpha value is -1.75. The summed E-state index contributed by atoms with van der Waals surface area (Å²) in [6, 6.07) is 11.3. The Balaban J connectivity index is 2.22. The van der Waals surface area contributed by atoms with Crippen LogP contribution in [0.5, 0.6) is 0 Å². The zero-order chi connectivity index (χ0) is 15.1. The highest BCUT2D eigenvalue weighted by molar-refractivity contribution is 7.98. The molecular weight excluding hydrogens is 322 g/mol. The summed E-state index contributed by atoms with van der Waals surface area (Å²) in [6.07, 6.45) is 1.83. The molecule has 0 saturated carbocycles. The Morgan fingerprint density at radius 1 is 1.33 bits per heavy atom. The number of carbonyl (C=O) groups is 1. The van der Waals surface area contributed by atoms with Crippen LogP contribution in [0.2, 0.25) is 0 Å². The van der Waals surface area contributed by atoms with E-state index in [1.54, 1.807) is 4.57 Å². The summed E-state index contributed by atoms with van der Waals surface area (Å²) in [5.41, 5.74) is 1.51. The summed E-state index contributed by atoms with van der Waals surface area (Å²) in [7, 11) is 0. The zero-order valence-electron chi connectivity index (χ0n) is 10.9. The van der Waals surface area contributed by atoms with E-state index in [2.05, 4.69) is 18.7 Å². The Morgan fingerprint density at radius 2 is 2.00 bits per heavy atom. The molecular formula is C14H9N3OS3. The molecule has 1 amide bonds. The molecule has 0 unspecified atom stereocenters. The van der Waals surface area contributed by atoms with E-state index in [1.807, 2.05) is 36.6 Å². The molecule has 1 aromatic heterocycles. The van der Waals surface area contributed by atoms with E-state index in [4.69, 9.17) is 12.2 Å². The van der Waals surface area contributed by atoms with Gasteiger partial charge in [0.25, 0.3) is 5.91 Å². The fourth-order valence-corrected chi connectivity index (χ4v) is 3.90. The van der Waals surface area contributed by atoms with Gasteiger partial charge < -0.3 is 0 Å². The lowest BCUT2D eigenvalue weighted by Gasteiger charge is -2.16. The molecule has 0 bridgehead atoms. The molecule has 7 heteroatoms. The standard InChI is InChI=1S/C14H9N3OS3/c1-21-11-9(7-15)13(19)17-10(11)12(18)16(14(17)20)8-5-3-2-4-6-8/h2-6,19H,1H3. The predicted molar refractivity (Wildman–Crippen MR) is 89.4 cm³/mol. The second kappa shape index (κ2) is 5.22. The van der Waals surface area contributed by atoms with Crippen LogP contribution in [0.15, 0.2) is 40.3 Å². The minimum Gasteiger partial charge on any atom is -0.273 e. The number of amides is 1. The molecule has 1 aliphatic rings. The third-order valence-corrected chi connectivity index (χ3v) is 4.81. The van der Waals surface area contributed by atoms with Crippen molar-refractivity contribution in [1.29, 1.82) is 5.26 Å². The molecule has 0 saturated heterocycles. The number of carbonyl (C=O) groups excluding carboxylic acids is 1. The number of thiol groups is 1. The Bertz CT molecular complexity index is 805. The summed E-state index contributed by atoms with van der Waals surface area (Å²) < 4.78 is 1.57. The second-order valence-corrected chi connectivity index (χ2v) is 5.89. The topological polar surface area (TPSA) is 49.0 Å². The van der Waals surface area contributed by atoms with E-state index in [0.717, 1.165) is 0 Å². The fourth-order valence-electron chi connectivity index (χ4n) is 2.32. The molecule has 3 rings (SSSR count). The molecule has 0 radical (unpaired) electrons. The summed E-state index contributed by atoms with van der Waals surface area (Å²) in [6.45, 7) is 0. The zero-order valence-corrected chi connectivity index (χ0v) is 13.4. The van der Waals surface area contributed by atoms with Crippen molar-refractivity contribution >= 4 is 53.3 Å². The molecule has 0 aliphatic carbocycles. The van der Waals surface area contributed by atoms with Crippen LogP contribution in [0.3, 0.4) is 0 Å². The van der Waals surface area contributed by atoms with Crippen molar-refractivity contribution in [2.45, 2.75) is 9.92 Å². The normalized spacial score (nSPS) is 13.5. The molecule has 2 aromatic rings. The predicted octanol–water partition coefficient (Wildman–Crippen LogP) is 3.16. The Kier molecular flexibility index (Phi) is 3.53. The number of nitriles is 1. The monoisotopic (exact) mass is 331 g/mol. The first-order valence-electron chi connectivity index (χ1n) is 5.97. The molecule has 0 N–H and O–H groups in total. The molecule has 1 aromatic carbocycles. The minimum absolute atomic E-state index is 0.229. The van der Waals surface area contributed by atoms with Gasteiger partial charge in [0, 0.05) is 0 Å². The van der Waals surface area contributed by atoms with Crippen molar-refractivity contribution in [3.8, 4) is 6.07 Å². The number of fused-ring (bicyclic) bond motifs is 1. The van der Waals surface area contributed by atoms with Gasteiger partial charge in [-0.25, -0.2) is 0 Å². The molecule has 104 valence electrons. The number of aromatic nitrogens is 1. The Labute approximate surface area is 136 Å². The van der Waals surface area contributed by atoms with E-state index < -0.39 is 0 Å². The van der Waals surface area contributed by atoms with Gasteiger partial charge in [-0.2, -0.15) is 5.26 Å². The number of para-hydroxylation sites is 1. The van der Waals surface area contributed by atoms with E-state index in [1.165, 1.54) is 16.7 Å². The summed E-state index contributed by atoms with van der Waals surface area (Å²) >= 11 is 11.1. The van der Waals surface area contributed by atoms with Gasteiger partial charge in [0.2, 0.25) is 0 Å². The number of thiocarbonyl (C=S) groups is 1. The highest BCUT2D eigenvalue weighted by atomic mass is 32.2. The lowest BCUT2D eigenvalue weighted by Crippen LogP contribution is -2.30. The summed E-state index contributed by atoms with van der Waals surface area (Å²) in [5, 5.41) is 9.98. The highest BCUT2D eigenvalue weighted by Gasteiger charge is 2.39.